The van der Waals surface area contributed by atoms with E-state index < -0.39 is 0 Å². The van der Waals surface area contributed by atoms with Gasteiger partial charge in [0.05, 0.1) is 13.7 Å². The van der Waals surface area contributed by atoms with E-state index in [1.807, 2.05) is 12.4 Å². The zero-order chi connectivity index (χ0) is 15.1. The first kappa shape index (κ1) is 15.6. The summed E-state index contributed by atoms with van der Waals surface area (Å²) in [6.07, 6.45) is 6.03. The number of aromatic nitrogens is 2. The average Bonchev–Trinajstić information content (AvgIpc) is 2.93. The highest BCUT2D eigenvalue weighted by molar-refractivity contribution is 5.37. The van der Waals surface area contributed by atoms with Gasteiger partial charge in [0.15, 0.2) is 0 Å². The highest BCUT2D eigenvalue weighted by Gasteiger charge is 2.08. The van der Waals surface area contributed by atoms with Crippen molar-refractivity contribution in [3.8, 4) is 5.75 Å². The minimum atomic E-state index is 0.804. The van der Waals surface area contributed by atoms with Crippen molar-refractivity contribution in [3.05, 3.63) is 47.5 Å². The van der Waals surface area contributed by atoms with Crippen molar-refractivity contribution in [3.63, 3.8) is 0 Å². The summed E-state index contributed by atoms with van der Waals surface area (Å²) in [4.78, 5) is 4.44. The molecule has 0 amide bonds. The van der Waals surface area contributed by atoms with Gasteiger partial charge < -0.3 is 14.6 Å². The fraction of sp³-hybridized carbons (Fsp3) is 0.471. The van der Waals surface area contributed by atoms with E-state index in [-0.39, 0.29) is 0 Å². The van der Waals surface area contributed by atoms with E-state index in [0.717, 1.165) is 44.0 Å². The molecule has 2 aromatic rings. The van der Waals surface area contributed by atoms with Crippen molar-refractivity contribution in [2.45, 2.75) is 39.8 Å². The number of nitrogens with zero attached hydrogens (tertiary/aromatic N) is 2. The normalized spacial score (nSPS) is 10.8. The van der Waals surface area contributed by atoms with E-state index in [9.17, 15) is 0 Å². The quantitative estimate of drug-likeness (QED) is 0.811. The second-order valence-electron chi connectivity index (χ2n) is 5.15. The van der Waals surface area contributed by atoms with Crippen LogP contribution in [0.5, 0.6) is 5.75 Å². The van der Waals surface area contributed by atoms with Crippen molar-refractivity contribution >= 4 is 0 Å². The summed E-state index contributed by atoms with van der Waals surface area (Å²) >= 11 is 0. The molecule has 0 radical (unpaired) electrons. The number of aryl methyl sites for hydroxylation is 1. The zero-order valence-electron chi connectivity index (χ0n) is 13.2. The second-order valence-corrected chi connectivity index (χ2v) is 5.15. The summed E-state index contributed by atoms with van der Waals surface area (Å²) in [5.41, 5.74) is 2.48. The summed E-state index contributed by atoms with van der Waals surface area (Å²) in [7, 11) is 1.73. The molecule has 0 aliphatic rings. The lowest BCUT2D eigenvalue weighted by molar-refractivity contribution is 0.407. The third-order valence-corrected chi connectivity index (χ3v) is 3.54. The van der Waals surface area contributed by atoms with Crippen molar-refractivity contribution in [1.29, 1.82) is 0 Å². The fourth-order valence-corrected chi connectivity index (χ4v) is 2.45. The van der Waals surface area contributed by atoms with Crippen LogP contribution in [0.15, 0.2) is 30.6 Å². The molecule has 0 fully saturated rings. The smallest absolute Gasteiger partial charge is 0.123 e. The van der Waals surface area contributed by atoms with Gasteiger partial charge in [-0.05, 0) is 30.7 Å². The predicted molar refractivity (Wildman–Crippen MR) is 85.7 cm³/mol. The largest absolute Gasteiger partial charge is 0.496 e. The Morgan fingerprint density at radius 1 is 1.29 bits per heavy atom. The van der Waals surface area contributed by atoms with Gasteiger partial charge in [0.25, 0.3) is 0 Å². The van der Waals surface area contributed by atoms with E-state index in [2.05, 4.69) is 46.9 Å². The van der Waals surface area contributed by atoms with E-state index in [4.69, 9.17) is 4.74 Å². The molecule has 1 N–H and O–H groups in total. The van der Waals surface area contributed by atoms with Gasteiger partial charge in [-0.1, -0.05) is 19.9 Å². The van der Waals surface area contributed by atoms with Gasteiger partial charge in [-0.25, -0.2) is 4.98 Å². The van der Waals surface area contributed by atoms with Gasteiger partial charge in [-0.2, -0.15) is 0 Å². The lowest BCUT2D eigenvalue weighted by Crippen LogP contribution is -2.12. The summed E-state index contributed by atoms with van der Waals surface area (Å²) in [5, 5.41) is 3.36. The molecule has 2 rings (SSSR count). The van der Waals surface area contributed by atoms with Crippen LogP contribution in [-0.4, -0.2) is 23.2 Å². The maximum absolute atomic E-state index is 5.50. The molecule has 0 saturated heterocycles. The zero-order valence-corrected chi connectivity index (χ0v) is 13.2. The SMILES string of the molecule is CCCc1nccn1Cc1cc(CNCC)ccc1OC. The number of hydrogen-bond donors (Lipinski definition) is 1. The standard InChI is InChI=1S/C17H25N3O/c1-4-6-17-19-9-10-20(17)13-15-11-14(12-18-5-2)7-8-16(15)21-3/h7-11,18H,4-6,12-13H2,1-3H3. The van der Waals surface area contributed by atoms with Crippen molar-refractivity contribution in [2.75, 3.05) is 13.7 Å². The molecule has 114 valence electrons. The lowest BCUT2D eigenvalue weighted by atomic mass is 10.1. The third kappa shape index (κ3) is 4.08. The Hall–Kier alpha value is -1.81. The molecular weight excluding hydrogens is 262 g/mol. The van der Waals surface area contributed by atoms with Crippen LogP contribution in [0.1, 0.15) is 37.2 Å². The Kier molecular flexibility index (Phi) is 5.81. The number of methoxy groups -OCH3 is 1. The van der Waals surface area contributed by atoms with E-state index in [0.29, 0.717) is 0 Å². The number of hydrogen-bond acceptors (Lipinski definition) is 3. The van der Waals surface area contributed by atoms with Crippen molar-refractivity contribution in [2.24, 2.45) is 0 Å². The first-order valence-electron chi connectivity index (χ1n) is 7.65. The highest BCUT2D eigenvalue weighted by Crippen LogP contribution is 2.21. The lowest BCUT2D eigenvalue weighted by Gasteiger charge is -2.13. The first-order valence-corrected chi connectivity index (χ1v) is 7.65. The minimum absolute atomic E-state index is 0.804. The second kappa shape index (κ2) is 7.84. The fourth-order valence-electron chi connectivity index (χ4n) is 2.45. The van der Waals surface area contributed by atoms with Crippen molar-refractivity contribution < 1.29 is 4.74 Å². The van der Waals surface area contributed by atoms with Gasteiger partial charge in [0.1, 0.15) is 11.6 Å². The Morgan fingerprint density at radius 2 is 2.14 bits per heavy atom. The Morgan fingerprint density at radius 3 is 2.86 bits per heavy atom. The van der Waals surface area contributed by atoms with Crippen molar-refractivity contribution in [1.82, 2.24) is 14.9 Å². The third-order valence-electron chi connectivity index (χ3n) is 3.54. The molecule has 0 aliphatic carbocycles. The molecule has 1 aromatic heterocycles. The van der Waals surface area contributed by atoms with E-state index >= 15 is 0 Å². The van der Waals surface area contributed by atoms with E-state index in [1.54, 1.807) is 7.11 Å². The molecule has 1 heterocycles. The minimum Gasteiger partial charge on any atom is -0.496 e. The van der Waals surface area contributed by atoms with Crippen LogP contribution in [0.25, 0.3) is 0 Å². The average molecular weight is 287 g/mol. The molecule has 21 heavy (non-hydrogen) atoms. The molecule has 0 atom stereocenters. The molecule has 0 saturated carbocycles. The predicted octanol–water partition coefficient (Wildman–Crippen LogP) is 3.00. The van der Waals surface area contributed by atoms with Crippen LogP contribution in [0.2, 0.25) is 0 Å². The Bertz CT molecular complexity index is 563. The van der Waals surface area contributed by atoms with E-state index in [1.165, 1.54) is 11.1 Å². The molecule has 0 bridgehead atoms. The summed E-state index contributed by atoms with van der Waals surface area (Å²) in [6.45, 7) is 6.96. The number of benzene rings is 1. The summed E-state index contributed by atoms with van der Waals surface area (Å²) < 4.78 is 7.71. The number of rotatable bonds is 8. The number of nitrogens with one attached hydrogen (secondary N) is 1. The van der Waals surface area contributed by atoms with Crippen LogP contribution in [0, 0.1) is 0 Å². The summed E-state index contributed by atoms with van der Waals surface area (Å²) in [6, 6.07) is 6.39. The molecule has 0 spiro atoms. The van der Waals surface area contributed by atoms with Gasteiger partial charge in [0, 0.05) is 30.9 Å². The molecule has 0 unspecified atom stereocenters. The van der Waals surface area contributed by atoms with Gasteiger partial charge in [-0.3, -0.25) is 0 Å². The molecule has 4 nitrogen and oxygen atoms in total. The molecule has 1 aromatic carbocycles. The summed E-state index contributed by atoms with van der Waals surface area (Å²) in [5.74, 6) is 2.07. The van der Waals surface area contributed by atoms with Crippen LogP contribution in [0.3, 0.4) is 0 Å². The van der Waals surface area contributed by atoms with Crippen LogP contribution < -0.4 is 10.1 Å². The maximum Gasteiger partial charge on any atom is 0.123 e. The van der Waals surface area contributed by atoms with Gasteiger partial charge >= 0.3 is 0 Å². The monoisotopic (exact) mass is 287 g/mol. The Balaban J connectivity index is 2.21. The van der Waals surface area contributed by atoms with Gasteiger partial charge in [0.2, 0.25) is 0 Å². The number of imidazole rings is 1. The number of ether oxygens (including phenoxy) is 1. The first-order chi connectivity index (χ1) is 10.3. The maximum atomic E-state index is 5.50. The van der Waals surface area contributed by atoms with Crippen LogP contribution >= 0.6 is 0 Å². The molecule has 0 aliphatic heterocycles. The van der Waals surface area contributed by atoms with Crippen LogP contribution in [-0.2, 0) is 19.5 Å². The Labute approximate surface area is 127 Å². The topological polar surface area (TPSA) is 39.1 Å². The van der Waals surface area contributed by atoms with Crippen LogP contribution in [0.4, 0.5) is 0 Å². The molecular formula is C17H25N3O. The van der Waals surface area contributed by atoms with Gasteiger partial charge in [-0.15, -0.1) is 0 Å². The highest BCUT2D eigenvalue weighted by atomic mass is 16.5. The molecule has 4 heteroatoms.